The Labute approximate surface area is 113 Å². The zero-order chi connectivity index (χ0) is 13.8. The van der Waals surface area contributed by atoms with Crippen LogP contribution in [0.4, 0.5) is 0 Å². The summed E-state index contributed by atoms with van der Waals surface area (Å²) in [7, 11) is 0. The minimum absolute atomic E-state index is 0.254. The fourth-order valence-electron chi connectivity index (χ4n) is 3.04. The molecule has 0 heterocycles. The number of nitrogens with one attached hydrogen (secondary N) is 1. The average molecular weight is 250 g/mol. The van der Waals surface area contributed by atoms with Gasteiger partial charge in [-0.1, -0.05) is 34.1 Å². The van der Waals surface area contributed by atoms with Crippen LogP contribution >= 0.6 is 0 Å². The summed E-state index contributed by atoms with van der Waals surface area (Å²) in [5, 5.41) is 13.1. The van der Waals surface area contributed by atoms with Gasteiger partial charge in [0.25, 0.3) is 0 Å². The zero-order valence-electron chi connectivity index (χ0n) is 12.8. The van der Waals surface area contributed by atoms with E-state index >= 15 is 0 Å². The molecule has 2 nitrogen and oxygen atoms in total. The number of nitriles is 1. The second-order valence-electron chi connectivity index (χ2n) is 6.76. The van der Waals surface area contributed by atoms with Gasteiger partial charge in [-0.25, -0.2) is 0 Å². The lowest BCUT2D eigenvalue weighted by molar-refractivity contribution is 0.115. The van der Waals surface area contributed by atoms with Crippen molar-refractivity contribution in [3.63, 3.8) is 0 Å². The normalized spacial score (nSPS) is 30.8. The number of nitrogens with zero attached hydrogens (tertiary/aromatic N) is 1. The van der Waals surface area contributed by atoms with Crippen molar-refractivity contribution < 1.29 is 0 Å². The summed E-state index contributed by atoms with van der Waals surface area (Å²) in [6.45, 7) is 11.4. The van der Waals surface area contributed by atoms with Crippen molar-refractivity contribution in [1.82, 2.24) is 5.32 Å². The number of hydrogen-bond acceptors (Lipinski definition) is 2. The first-order chi connectivity index (χ1) is 8.39. The van der Waals surface area contributed by atoms with Gasteiger partial charge in [0.1, 0.15) is 5.54 Å². The van der Waals surface area contributed by atoms with Gasteiger partial charge in [0, 0.05) is 6.04 Å². The molecule has 0 bridgehead atoms. The van der Waals surface area contributed by atoms with Gasteiger partial charge in [-0.15, -0.1) is 0 Å². The molecule has 1 aliphatic carbocycles. The second-order valence-corrected chi connectivity index (χ2v) is 6.76. The van der Waals surface area contributed by atoms with Crippen LogP contribution in [0, 0.1) is 22.7 Å². The van der Waals surface area contributed by atoms with Crippen molar-refractivity contribution in [3.8, 4) is 6.07 Å². The molecule has 0 amide bonds. The summed E-state index contributed by atoms with van der Waals surface area (Å²) in [4.78, 5) is 0. The average Bonchev–Trinajstić information content (AvgIpc) is 2.39. The first-order valence-electron chi connectivity index (χ1n) is 7.58. The zero-order valence-corrected chi connectivity index (χ0v) is 12.8. The highest BCUT2D eigenvalue weighted by Crippen LogP contribution is 2.43. The van der Waals surface area contributed by atoms with Crippen LogP contribution in [0.25, 0.3) is 0 Å². The molecule has 0 aromatic rings. The van der Waals surface area contributed by atoms with Gasteiger partial charge in [-0.05, 0) is 50.4 Å². The molecule has 104 valence electrons. The van der Waals surface area contributed by atoms with E-state index in [0.717, 1.165) is 25.2 Å². The van der Waals surface area contributed by atoms with E-state index in [1.807, 2.05) is 0 Å². The topological polar surface area (TPSA) is 35.8 Å². The first kappa shape index (κ1) is 15.5. The first-order valence-corrected chi connectivity index (χ1v) is 7.58. The Morgan fingerprint density at radius 2 is 1.89 bits per heavy atom. The third kappa shape index (κ3) is 3.48. The molecule has 0 aromatic heterocycles. The highest BCUT2D eigenvalue weighted by molar-refractivity contribution is 5.10. The molecule has 1 fully saturated rings. The van der Waals surface area contributed by atoms with E-state index in [4.69, 9.17) is 0 Å². The minimum Gasteiger partial charge on any atom is -0.297 e. The van der Waals surface area contributed by atoms with Crippen molar-refractivity contribution in [2.45, 2.75) is 84.7 Å². The van der Waals surface area contributed by atoms with Crippen LogP contribution in [0.1, 0.15) is 73.1 Å². The monoisotopic (exact) mass is 250 g/mol. The molecule has 0 saturated heterocycles. The van der Waals surface area contributed by atoms with Crippen LogP contribution in [0.5, 0.6) is 0 Å². The summed E-state index contributed by atoms with van der Waals surface area (Å²) in [6.07, 6.45) is 6.74. The van der Waals surface area contributed by atoms with Crippen LogP contribution in [-0.4, -0.2) is 11.6 Å². The molecule has 0 radical (unpaired) electrons. The Morgan fingerprint density at radius 3 is 2.28 bits per heavy atom. The van der Waals surface area contributed by atoms with Crippen molar-refractivity contribution in [2.24, 2.45) is 11.3 Å². The lowest BCUT2D eigenvalue weighted by atomic mass is 9.65. The summed E-state index contributed by atoms with van der Waals surface area (Å²) < 4.78 is 0. The Balaban J connectivity index is 2.63. The highest BCUT2D eigenvalue weighted by Gasteiger charge is 2.40. The Bertz CT molecular complexity index is 293. The van der Waals surface area contributed by atoms with Crippen LogP contribution in [-0.2, 0) is 0 Å². The highest BCUT2D eigenvalue weighted by atomic mass is 15.0. The summed E-state index contributed by atoms with van der Waals surface area (Å²) in [5.74, 6) is 0.780. The molecular formula is C16H30N2. The van der Waals surface area contributed by atoms with Gasteiger partial charge in [0.2, 0.25) is 0 Å². The molecule has 1 rings (SSSR count). The SMILES string of the molecule is CCC(C)NC1(C#N)CCC(C(C)(C)CC)CC1. The largest absolute Gasteiger partial charge is 0.297 e. The van der Waals surface area contributed by atoms with Gasteiger partial charge >= 0.3 is 0 Å². The maximum atomic E-state index is 9.52. The molecular weight excluding hydrogens is 220 g/mol. The quantitative estimate of drug-likeness (QED) is 0.791. The van der Waals surface area contributed by atoms with E-state index in [-0.39, 0.29) is 5.54 Å². The third-order valence-electron chi connectivity index (χ3n) is 5.20. The number of rotatable bonds is 5. The van der Waals surface area contributed by atoms with E-state index in [9.17, 15) is 5.26 Å². The van der Waals surface area contributed by atoms with E-state index in [2.05, 4.69) is 46.0 Å². The summed E-state index contributed by atoms with van der Waals surface area (Å²) >= 11 is 0. The Hall–Kier alpha value is -0.550. The maximum absolute atomic E-state index is 9.52. The van der Waals surface area contributed by atoms with Crippen LogP contribution in [0.15, 0.2) is 0 Å². The van der Waals surface area contributed by atoms with E-state index < -0.39 is 0 Å². The van der Waals surface area contributed by atoms with Gasteiger partial charge in [-0.3, -0.25) is 5.32 Å². The molecule has 0 aliphatic heterocycles. The molecule has 0 aromatic carbocycles. The molecule has 18 heavy (non-hydrogen) atoms. The van der Waals surface area contributed by atoms with Crippen molar-refractivity contribution >= 4 is 0 Å². The summed E-state index contributed by atoms with van der Waals surface area (Å²) in [5.41, 5.74) is 0.174. The lowest BCUT2D eigenvalue weighted by Gasteiger charge is -2.43. The van der Waals surface area contributed by atoms with E-state index in [1.54, 1.807) is 0 Å². The van der Waals surface area contributed by atoms with Gasteiger partial charge in [0.15, 0.2) is 0 Å². The van der Waals surface area contributed by atoms with Gasteiger partial charge in [-0.2, -0.15) is 5.26 Å². The van der Waals surface area contributed by atoms with Crippen LogP contribution < -0.4 is 5.32 Å². The number of hydrogen-bond donors (Lipinski definition) is 1. The van der Waals surface area contributed by atoms with E-state index in [1.165, 1.54) is 19.3 Å². The fourth-order valence-corrected chi connectivity index (χ4v) is 3.04. The Kier molecular flexibility index (Phi) is 5.22. The smallest absolute Gasteiger partial charge is 0.106 e. The van der Waals surface area contributed by atoms with Gasteiger partial charge in [0.05, 0.1) is 6.07 Å². The molecule has 1 N–H and O–H groups in total. The molecule has 1 saturated carbocycles. The maximum Gasteiger partial charge on any atom is 0.106 e. The molecule has 1 atom stereocenters. The van der Waals surface area contributed by atoms with Crippen molar-refractivity contribution in [1.29, 1.82) is 5.26 Å². The molecule has 2 heteroatoms. The van der Waals surface area contributed by atoms with Gasteiger partial charge < -0.3 is 0 Å². The molecule has 1 unspecified atom stereocenters. The van der Waals surface area contributed by atoms with Crippen molar-refractivity contribution in [3.05, 3.63) is 0 Å². The molecule has 1 aliphatic rings. The van der Waals surface area contributed by atoms with Crippen molar-refractivity contribution in [2.75, 3.05) is 0 Å². The summed E-state index contributed by atoms with van der Waals surface area (Å²) in [6, 6.07) is 3.01. The third-order valence-corrected chi connectivity index (χ3v) is 5.20. The van der Waals surface area contributed by atoms with Crippen LogP contribution in [0.3, 0.4) is 0 Å². The molecule has 0 spiro atoms. The second kappa shape index (κ2) is 6.06. The Morgan fingerprint density at radius 1 is 1.33 bits per heavy atom. The lowest BCUT2D eigenvalue weighted by Crippen LogP contribution is -2.51. The predicted molar refractivity (Wildman–Crippen MR) is 77.3 cm³/mol. The van der Waals surface area contributed by atoms with E-state index in [0.29, 0.717) is 11.5 Å². The standard InChI is InChI=1S/C16H30N2/c1-6-13(3)18-16(12-17)10-8-14(9-11-16)15(4,5)7-2/h13-14,18H,6-11H2,1-5H3. The van der Waals surface area contributed by atoms with Crippen LogP contribution in [0.2, 0.25) is 0 Å². The predicted octanol–water partition coefficient (Wildman–Crippen LogP) is 4.26. The minimum atomic E-state index is -0.254. The fraction of sp³-hybridized carbons (Fsp3) is 0.938.